The molecule has 0 bridgehead atoms. The molecule has 2 fully saturated rings. The Morgan fingerprint density at radius 2 is 1.96 bits per heavy atom. The van der Waals surface area contributed by atoms with E-state index in [0.717, 1.165) is 18.8 Å². The van der Waals surface area contributed by atoms with Crippen LogP contribution >= 0.6 is 0 Å². The maximum atomic E-state index is 12.5. The molecule has 5 heteroatoms. The maximum Gasteiger partial charge on any atom is 0.222 e. The highest BCUT2D eigenvalue weighted by atomic mass is 16.3. The number of piperidine rings is 1. The number of likely N-dealkylation sites (tertiary alicyclic amines) is 2. The summed E-state index contributed by atoms with van der Waals surface area (Å²) in [5, 5.41) is 9.71. The average Bonchev–Trinajstić information content (AvgIpc) is 3.04. The molecule has 0 spiro atoms. The van der Waals surface area contributed by atoms with Gasteiger partial charge in [-0.2, -0.15) is 0 Å². The second kappa shape index (κ2) is 8.58. The van der Waals surface area contributed by atoms with Crippen LogP contribution in [0.25, 0.3) is 0 Å². The summed E-state index contributed by atoms with van der Waals surface area (Å²) in [6, 6.07) is 5.81. The van der Waals surface area contributed by atoms with E-state index in [4.69, 9.17) is 0 Å². The minimum Gasteiger partial charge on any atom is -0.396 e. The van der Waals surface area contributed by atoms with Crippen LogP contribution in [0.4, 0.5) is 0 Å². The fraction of sp³-hybridized carbons (Fsp3) is 0.684. The fourth-order valence-electron chi connectivity index (χ4n) is 3.97. The summed E-state index contributed by atoms with van der Waals surface area (Å²) < 4.78 is 0. The van der Waals surface area contributed by atoms with Crippen molar-refractivity contribution in [2.24, 2.45) is 11.8 Å². The predicted molar refractivity (Wildman–Crippen MR) is 93.5 cm³/mol. The van der Waals surface area contributed by atoms with Crippen LogP contribution in [0.1, 0.15) is 31.4 Å². The molecule has 2 aliphatic heterocycles. The van der Waals surface area contributed by atoms with Crippen molar-refractivity contribution in [1.29, 1.82) is 0 Å². The zero-order valence-corrected chi connectivity index (χ0v) is 14.4. The Kier molecular flexibility index (Phi) is 6.21. The van der Waals surface area contributed by atoms with Crippen LogP contribution in [0.15, 0.2) is 24.4 Å². The third kappa shape index (κ3) is 4.54. The molecule has 1 amide bonds. The van der Waals surface area contributed by atoms with E-state index in [1.165, 1.54) is 32.4 Å². The van der Waals surface area contributed by atoms with Crippen molar-refractivity contribution >= 4 is 5.91 Å². The van der Waals surface area contributed by atoms with Crippen molar-refractivity contribution in [3.8, 4) is 0 Å². The van der Waals surface area contributed by atoms with Gasteiger partial charge in [-0.25, -0.2) is 0 Å². The third-order valence-corrected chi connectivity index (χ3v) is 5.43. The molecule has 1 N–H and O–H groups in total. The number of amides is 1. The highest BCUT2D eigenvalue weighted by molar-refractivity contribution is 5.76. The van der Waals surface area contributed by atoms with Crippen molar-refractivity contribution in [3.05, 3.63) is 30.1 Å². The van der Waals surface area contributed by atoms with Crippen molar-refractivity contribution in [1.82, 2.24) is 14.8 Å². The Bertz CT molecular complexity index is 517. The molecular weight excluding hydrogens is 302 g/mol. The summed E-state index contributed by atoms with van der Waals surface area (Å²) in [5.74, 6) is 0.831. The van der Waals surface area contributed by atoms with E-state index in [1.807, 2.05) is 23.1 Å². The number of hydrogen-bond acceptors (Lipinski definition) is 4. The minimum atomic E-state index is 0.183. The number of aryl methyl sites for hydroxylation is 1. The second-order valence-electron chi connectivity index (χ2n) is 7.18. The van der Waals surface area contributed by atoms with Gasteiger partial charge in [0, 0.05) is 50.5 Å². The van der Waals surface area contributed by atoms with Gasteiger partial charge in [0.2, 0.25) is 5.91 Å². The van der Waals surface area contributed by atoms with Gasteiger partial charge in [-0.05, 0) is 50.4 Å². The van der Waals surface area contributed by atoms with Gasteiger partial charge in [-0.15, -0.1) is 0 Å². The Labute approximate surface area is 144 Å². The molecule has 1 aromatic rings. The number of aromatic nitrogens is 1. The van der Waals surface area contributed by atoms with E-state index in [9.17, 15) is 9.90 Å². The molecule has 2 atom stereocenters. The number of aliphatic hydroxyl groups excluding tert-OH is 1. The molecule has 1 aromatic heterocycles. The lowest BCUT2D eigenvalue weighted by molar-refractivity contribution is -0.130. The smallest absolute Gasteiger partial charge is 0.222 e. The van der Waals surface area contributed by atoms with Crippen LogP contribution < -0.4 is 0 Å². The number of hydrogen-bond donors (Lipinski definition) is 1. The Balaban J connectivity index is 1.50. The zero-order valence-electron chi connectivity index (χ0n) is 14.4. The average molecular weight is 331 g/mol. The van der Waals surface area contributed by atoms with E-state index < -0.39 is 0 Å². The van der Waals surface area contributed by atoms with Crippen molar-refractivity contribution in [3.63, 3.8) is 0 Å². The van der Waals surface area contributed by atoms with E-state index in [0.29, 0.717) is 25.3 Å². The van der Waals surface area contributed by atoms with Crippen LogP contribution in [0, 0.1) is 11.8 Å². The molecular formula is C19H29N3O2. The maximum absolute atomic E-state index is 12.5. The van der Waals surface area contributed by atoms with Crippen molar-refractivity contribution < 1.29 is 9.90 Å². The lowest BCUT2D eigenvalue weighted by Crippen LogP contribution is -2.37. The summed E-state index contributed by atoms with van der Waals surface area (Å²) in [6.45, 7) is 5.04. The number of pyridine rings is 1. The normalized spacial score (nSPS) is 25.1. The van der Waals surface area contributed by atoms with Crippen molar-refractivity contribution in [2.75, 3.05) is 39.3 Å². The molecule has 2 saturated heterocycles. The summed E-state index contributed by atoms with van der Waals surface area (Å²) in [7, 11) is 0. The largest absolute Gasteiger partial charge is 0.396 e. The lowest BCUT2D eigenvalue weighted by Gasteiger charge is -2.30. The number of carbonyl (C=O) groups is 1. The fourth-order valence-corrected chi connectivity index (χ4v) is 3.97. The molecule has 0 aliphatic carbocycles. The zero-order chi connectivity index (χ0) is 16.8. The van der Waals surface area contributed by atoms with Gasteiger partial charge >= 0.3 is 0 Å². The van der Waals surface area contributed by atoms with Gasteiger partial charge in [0.25, 0.3) is 0 Å². The SMILES string of the molecule is O=C(CCc1ccccn1)N1C[C@@H](CN2CCCCC2)[C@@H](CO)C1. The van der Waals surface area contributed by atoms with Gasteiger partial charge < -0.3 is 14.9 Å². The number of rotatable bonds is 6. The van der Waals surface area contributed by atoms with E-state index >= 15 is 0 Å². The number of nitrogens with zero attached hydrogens (tertiary/aromatic N) is 3. The second-order valence-corrected chi connectivity index (χ2v) is 7.18. The lowest BCUT2D eigenvalue weighted by atomic mass is 9.95. The molecule has 0 aromatic carbocycles. The summed E-state index contributed by atoms with van der Waals surface area (Å²) in [4.78, 5) is 21.3. The van der Waals surface area contributed by atoms with Crippen molar-refractivity contribution in [2.45, 2.75) is 32.1 Å². The van der Waals surface area contributed by atoms with Gasteiger partial charge in [-0.1, -0.05) is 12.5 Å². The number of aliphatic hydroxyl groups is 1. The van der Waals surface area contributed by atoms with Gasteiger partial charge in [0.1, 0.15) is 0 Å². The molecule has 0 saturated carbocycles. The molecule has 0 unspecified atom stereocenters. The van der Waals surface area contributed by atoms with Crippen LogP contribution in [-0.2, 0) is 11.2 Å². The number of carbonyl (C=O) groups excluding carboxylic acids is 1. The Morgan fingerprint density at radius 3 is 2.67 bits per heavy atom. The first-order valence-electron chi connectivity index (χ1n) is 9.27. The molecule has 5 nitrogen and oxygen atoms in total. The first-order chi connectivity index (χ1) is 11.8. The standard InChI is InChI=1S/C19H29N3O2/c23-15-17-14-22(13-16(17)12-21-10-4-1-5-11-21)19(24)8-7-18-6-2-3-9-20-18/h2-3,6,9,16-17,23H,1,4-5,7-8,10-15H2/t16-,17-/m1/s1. The first kappa shape index (κ1) is 17.4. The third-order valence-electron chi connectivity index (χ3n) is 5.43. The monoisotopic (exact) mass is 331 g/mol. The van der Waals surface area contributed by atoms with Gasteiger partial charge in [0.15, 0.2) is 0 Å². The molecule has 24 heavy (non-hydrogen) atoms. The van der Waals surface area contributed by atoms with Gasteiger partial charge in [0.05, 0.1) is 0 Å². The Morgan fingerprint density at radius 1 is 1.17 bits per heavy atom. The van der Waals surface area contributed by atoms with Crippen LogP contribution in [0.3, 0.4) is 0 Å². The highest BCUT2D eigenvalue weighted by Crippen LogP contribution is 2.26. The Hall–Kier alpha value is -1.46. The predicted octanol–water partition coefficient (Wildman–Crippen LogP) is 1.57. The van der Waals surface area contributed by atoms with Crippen LogP contribution in [0.2, 0.25) is 0 Å². The molecule has 3 heterocycles. The quantitative estimate of drug-likeness (QED) is 0.860. The van der Waals surface area contributed by atoms with E-state index in [2.05, 4.69) is 9.88 Å². The highest BCUT2D eigenvalue weighted by Gasteiger charge is 2.35. The summed E-state index contributed by atoms with van der Waals surface area (Å²) in [6.07, 6.45) is 6.86. The molecule has 0 radical (unpaired) electrons. The molecule has 132 valence electrons. The van der Waals surface area contributed by atoms with E-state index in [1.54, 1.807) is 6.20 Å². The van der Waals surface area contributed by atoms with Gasteiger partial charge in [-0.3, -0.25) is 9.78 Å². The topological polar surface area (TPSA) is 56.7 Å². The molecule has 3 rings (SSSR count). The molecule has 2 aliphatic rings. The minimum absolute atomic E-state index is 0.183. The van der Waals surface area contributed by atoms with E-state index in [-0.39, 0.29) is 18.4 Å². The van der Waals surface area contributed by atoms with Crippen LogP contribution in [-0.4, -0.2) is 65.1 Å². The summed E-state index contributed by atoms with van der Waals surface area (Å²) >= 11 is 0. The van der Waals surface area contributed by atoms with Crippen LogP contribution in [0.5, 0.6) is 0 Å². The first-order valence-corrected chi connectivity index (χ1v) is 9.27. The summed E-state index contributed by atoms with van der Waals surface area (Å²) in [5.41, 5.74) is 0.966.